The van der Waals surface area contributed by atoms with E-state index >= 15 is 0 Å². The Hall–Kier alpha value is -4.27. The van der Waals surface area contributed by atoms with Gasteiger partial charge < -0.3 is 20.3 Å². The van der Waals surface area contributed by atoms with E-state index in [0.29, 0.717) is 50.3 Å². The van der Waals surface area contributed by atoms with Crippen molar-refractivity contribution in [2.24, 2.45) is 0 Å². The van der Waals surface area contributed by atoms with Gasteiger partial charge in [-0.05, 0) is 57.0 Å². The molecular weight excluding hydrogens is 494 g/mol. The molecule has 1 fully saturated rings. The average Bonchev–Trinajstić information content (AvgIpc) is 2.96. The fourth-order valence-corrected chi connectivity index (χ4v) is 4.74. The Labute approximate surface area is 229 Å². The van der Waals surface area contributed by atoms with Crippen LogP contribution in [-0.4, -0.2) is 52.3 Å². The van der Waals surface area contributed by atoms with Crippen LogP contribution in [0.2, 0.25) is 0 Å². The zero-order valence-corrected chi connectivity index (χ0v) is 22.5. The second kappa shape index (κ2) is 13.5. The largest absolute Gasteiger partial charge is 0.494 e. The summed E-state index contributed by atoms with van der Waals surface area (Å²) in [6.07, 6.45) is 4.88. The van der Waals surface area contributed by atoms with Crippen molar-refractivity contribution in [2.45, 2.75) is 52.0 Å². The lowest BCUT2D eigenvalue weighted by atomic mass is 9.89. The van der Waals surface area contributed by atoms with Crippen LogP contribution in [0.4, 0.5) is 5.69 Å². The van der Waals surface area contributed by atoms with Crippen molar-refractivity contribution >= 4 is 23.4 Å². The number of benzene rings is 1. The molecule has 0 spiro atoms. The Bertz CT molecular complexity index is 1290. The standard InChI is InChI=1S/C30H35N5O4/c1-3-39-26-9-5-4-7-23(26)19-32-30(38)25-11-10-21(2)33-29(25)22-14-17-35(18-15-22)28(37)13-12-27(36)34-24-8-6-16-31-20-24/h4-11,16,20,22H,3,12-15,17-19H2,1-2H3,(H,32,38)(H,34,36). The lowest BCUT2D eigenvalue weighted by Crippen LogP contribution is -2.38. The predicted octanol–water partition coefficient (Wildman–Crippen LogP) is 4.24. The van der Waals surface area contributed by atoms with Crippen LogP contribution in [0.5, 0.6) is 5.75 Å². The van der Waals surface area contributed by atoms with Gasteiger partial charge in [0.2, 0.25) is 11.8 Å². The number of anilines is 1. The molecule has 0 unspecified atom stereocenters. The molecule has 4 rings (SSSR count). The number of carbonyl (C=O) groups excluding carboxylic acids is 3. The quantitative estimate of drug-likeness (QED) is 0.406. The van der Waals surface area contributed by atoms with Crippen LogP contribution in [0, 0.1) is 6.92 Å². The molecule has 9 heteroatoms. The molecule has 3 amide bonds. The first kappa shape index (κ1) is 27.8. The molecule has 1 aromatic carbocycles. The second-order valence-corrected chi connectivity index (χ2v) is 9.55. The number of para-hydroxylation sites is 1. The summed E-state index contributed by atoms with van der Waals surface area (Å²) in [6, 6.07) is 14.8. The molecule has 0 atom stereocenters. The number of ether oxygens (including phenoxy) is 1. The molecule has 1 aliphatic heterocycles. The fourth-order valence-electron chi connectivity index (χ4n) is 4.74. The molecule has 204 valence electrons. The van der Waals surface area contributed by atoms with Crippen LogP contribution in [-0.2, 0) is 16.1 Å². The predicted molar refractivity (Wildman–Crippen MR) is 148 cm³/mol. The van der Waals surface area contributed by atoms with Crippen molar-refractivity contribution in [1.82, 2.24) is 20.2 Å². The van der Waals surface area contributed by atoms with E-state index in [4.69, 9.17) is 9.72 Å². The number of nitrogens with one attached hydrogen (secondary N) is 2. The molecule has 0 bridgehead atoms. The summed E-state index contributed by atoms with van der Waals surface area (Å²) >= 11 is 0. The average molecular weight is 530 g/mol. The van der Waals surface area contributed by atoms with Gasteiger partial charge in [0.05, 0.1) is 29.7 Å². The van der Waals surface area contributed by atoms with Crippen LogP contribution in [0.15, 0.2) is 60.9 Å². The molecule has 2 N–H and O–H groups in total. The number of carbonyl (C=O) groups is 3. The highest BCUT2D eigenvalue weighted by molar-refractivity contribution is 5.95. The number of rotatable bonds is 10. The zero-order chi connectivity index (χ0) is 27.6. The van der Waals surface area contributed by atoms with Gasteiger partial charge in [0, 0.05) is 55.8 Å². The van der Waals surface area contributed by atoms with Gasteiger partial charge in [-0.1, -0.05) is 18.2 Å². The first-order chi connectivity index (χ1) is 18.9. The fraction of sp³-hybridized carbons (Fsp3) is 0.367. The monoisotopic (exact) mass is 529 g/mol. The molecule has 2 aromatic heterocycles. The maximum Gasteiger partial charge on any atom is 0.253 e. The van der Waals surface area contributed by atoms with Gasteiger partial charge in [0.15, 0.2) is 0 Å². The number of pyridine rings is 2. The van der Waals surface area contributed by atoms with Gasteiger partial charge in [0.25, 0.3) is 5.91 Å². The van der Waals surface area contributed by atoms with Gasteiger partial charge in [0.1, 0.15) is 5.75 Å². The van der Waals surface area contributed by atoms with E-state index in [-0.39, 0.29) is 36.5 Å². The van der Waals surface area contributed by atoms with E-state index in [1.165, 1.54) is 0 Å². The van der Waals surface area contributed by atoms with E-state index in [2.05, 4.69) is 15.6 Å². The van der Waals surface area contributed by atoms with E-state index < -0.39 is 0 Å². The summed E-state index contributed by atoms with van der Waals surface area (Å²) in [5.41, 5.74) is 3.70. The van der Waals surface area contributed by atoms with Crippen LogP contribution in [0.3, 0.4) is 0 Å². The molecule has 9 nitrogen and oxygen atoms in total. The van der Waals surface area contributed by atoms with Crippen molar-refractivity contribution in [3.05, 3.63) is 83.4 Å². The SMILES string of the molecule is CCOc1ccccc1CNC(=O)c1ccc(C)nc1C1CCN(C(=O)CCC(=O)Nc2cccnc2)CC1. The zero-order valence-electron chi connectivity index (χ0n) is 22.5. The Morgan fingerprint density at radius 1 is 1.03 bits per heavy atom. The highest BCUT2D eigenvalue weighted by Gasteiger charge is 2.28. The molecule has 0 saturated carbocycles. The van der Waals surface area contributed by atoms with Crippen LogP contribution in [0.1, 0.15) is 65.8 Å². The third kappa shape index (κ3) is 7.63. The summed E-state index contributed by atoms with van der Waals surface area (Å²) in [6.45, 7) is 5.87. The number of hydrogen-bond donors (Lipinski definition) is 2. The number of piperidine rings is 1. The lowest BCUT2D eigenvalue weighted by Gasteiger charge is -2.32. The van der Waals surface area contributed by atoms with Gasteiger partial charge in [-0.25, -0.2) is 0 Å². The number of hydrogen-bond acceptors (Lipinski definition) is 6. The number of likely N-dealkylation sites (tertiary alicyclic amines) is 1. The smallest absolute Gasteiger partial charge is 0.253 e. The normalized spacial score (nSPS) is 13.5. The molecule has 0 aliphatic carbocycles. The first-order valence-corrected chi connectivity index (χ1v) is 13.4. The Kier molecular flexibility index (Phi) is 9.61. The third-order valence-electron chi connectivity index (χ3n) is 6.77. The highest BCUT2D eigenvalue weighted by atomic mass is 16.5. The number of amides is 3. The number of nitrogens with zero attached hydrogens (tertiary/aromatic N) is 3. The topological polar surface area (TPSA) is 114 Å². The Balaban J connectivity index is 1.32. The third-order valence-corrected chi connectivity index (χ3v) is 6.77. The van der Waals surface area contributed by atoms with Crippen molar-refractivity contribution < 1.29 is 19.1 Å². The maximum absolute atomic E-state index is 13.2. The van der Waals surface area contributed by atoms with Crippen molar-refractivity contribution in [3.63, 3.8) is 0 Å². The van der Waals surface area contributed by atoms with Crippen LogP contribution in [0.25, 0.3) is 0 Å². The van der Waals surface area contributed by atoms with Gasteiger partial charge in [-0.3, -0.25) is 24.4 Å². The maximum atomic E-state index is 13.2. The summed E-state index contributed by atoms with van der Waals surface area (Å²) in [4.78, 5) is 48.7. The number of aromatic nitrogens is 2. The van der Waals surface area contributed by atoms with Gasteiger partial charge in [-0.2, -0.15) is 0 Å². The van der Waals surface area contributed by atoms with E-state index in [1.807, 2.05) is 50.2 Å². The Morgan fingerprint density at radius 2 is 1.82 bits per heavy atom. The Morgan fingerprint density at radius 3 is 2.56 bits per heavy atom. The molecule has 1 saturated heterocycles. The second-order valence-electron chi connectivity index (χ2n) is 9.55. The van der Waals surface area contributed by atoms with Gasteiger partial charge >= 0.3 is 0 Å². The highest BCUT2D eigenvalue weighted by Crippen LogP contribution is 2.30. The van der Waals surface area contributed by atoms with E-state index in [9.17, 15) is 14.4 Å². The van der Waals surface area contributed by atoms with Gasteiger partial charge in [-0.15, -0.1) is 0 Å². The summed E-state index contributed by atoms with van der Waals surface area (Å²) in [7, 11) is 0. The molecule has 1 aliphatic rings. The minimum absolute atomic E-state index is 0.0436. The molecule has 3 aromatic rings. The first-order valence-electron chi connectivity index (χ1n) is 13.4. The van der Waals surface area contributed by atoms with Crippen molar-refractivity contribution in [3.8, 4) is 5.75 Å². The summed E-state index contributed by atoms with van der Waals surface area (Å²) < 4.78 is 5.68. The van der Waals surface area contributed by atoms with E-state index in [1.54, 1.807) is 29.4 Å². The molecule has 39 heavy (non-hydrogen) atoms. The van der Waals surface area contributed by atoms with Crippen molar-refractivity contribution in [2.75, 3.05) is 25.0 Å². The molecular formula is C30H35N5O4. The van der Waals surface area contributed by atoms with Crippen LogP contribution < -0.4 is 15.4 Å². The summed E-state index contributed by atoms with van der Waals surface area (Å²) in [5, 5.41) is 5.77. The minimum Gasteiger partial charge on any atom is -0.494 e. The molecule has 0 radical (unpaired) electrons. The molecule has 3 heterocycles. The lowest BCUT2D eigenvalue weighted by molar-refractivity contribution is -0.133. The number of aryl methyl sites for hydroxylation is 1. The minimum atomic E-state index is -0.213. The van der Waals surface area contributed by atoms with Crippen molar-refractivity contribution in [1.29, 1.82) is 0 Å². The summed E-state index contributed by atoms with van der Waals surface area (Å²) in [5.74, 6) is 0.392. The van der Waals surface area contributed by atoms with Crippen LogP contribution >= 0.6 is 0 Å². The van der Waals surface area contributed by atoms with E-state index in [0.717, 1.165) is 22.7 Å².